The third kappa shape index (κ3) is 5.01. The van der Waals surface area contributed by atoms with Crippen LogP contribution in [0.4, 0.5) is 0 Å². The average molecular weight is 420 g/mol. The first kappa shape index (κ1) is 21.6. The Bertz CT molecular complexity index is 1120. The molecule has 1 fully saturated rings. The van der Waals surface area contributed by atoms with E-state index in [4.69, 9.17) is 14.1 Å². The summed E-state index contributed by atoms with van der Waals surface area (Å²) in [5.41, 5.74) is 3.47. The first-order valence-electron chi connectivity index (χ1n) is 11.3. The number of nitrogens with two attached hydrogens (primary N) is 1. The summed E-state index contributed by atoms with van der Waals surface area (Å²) in [6, 6.07) is 16.9. The number of quaternary nitrogens is 1. The monoisotopic (exact) mass is 419 g/mol. The largest absolute Gasteiger partial charge is 0.494 e. The summed E-state index contributed by atoms with van der Waals surface area (Å²) in [6.07, 6.45) is 2.10. The molecule has 31 heavy (non-hydrogen) atoms. The molecule has 4 rings (SSSR count). The minimum atomic E-state index is 0.168. The van der Waals surface area contributed by atoms with Crippen molar-refractivity contribution in [3.8, 4) is 17.1 Å². The van der Waals surface area contributed by atoms with Crippen LogP contribution in [0, 0.1) is 6.92 Å². The zero-order valence-corrected chi connectivity index (χ0v) is 19.7. The van der Waals surface area contributed by atoms with Crippen LogP contribution in [0.3, 0.4) is 0 Å². The Morgan fingerprint density at radius 1 is 1.00 bits per heavy atom. The van der Waals surface area contributed by atoms with Crippen LogP contribution < -0.4 is 15.4 Å². The fourth-order valence-electron chi connectivity index (χ4n) is 5.12. The van der Waals surface area contributed by atoms with E-state index in [2.05, 4.69) is 76.3 Å². The molecule has 1 aliphatic rings. The number of aryl methyl sites for hydroxylation is 1. The molecule has 0 amide bonds. The van der Waals surface area contributed by atoms with Gasteiger partial charge in [-0.3, -0.25) is 4.99 Å². The fourth-order valence-corrected chi connectivity index (χ4v) is 5.12. The van der Waals surface area contributed by atoms with Crippen LogP contribution in [-0.4, -0.2) is 23.7 Å². The van der Waals surface area contributed by atoms with Crippen molar-refractivity contribution in [3.05, 3.63) is 59.5 Å². The van der Waals surface area contributed by atoms with E-state index in [-0.39, 0.29) is 17.1 Å². The Morgan fingerprint density at radius 2 is 1.68 bits per heavy atom. The Balaban J connectivity index is 1.88. The summed E-state index contributed by atoms with van der Waals surface area (Å²) in [5.74, 6) is 1.69. The maximum absolute atomic E-state index is 6.31. The number of ether oxygens (including phenoxy) is 1. The van der Waals surface area contributed by atoms with E-state index < -0.39 is 0 Å². The van der Waals surface area contributed by atoms with Crippen LogP contribution in [0.15, 0.2) is 57.9 Å². The second-order valence-electron chi connectivity index (χ2n) is 10.3. The molecular weight excluding hydrogens is 384 g/mol. The molecular formula is C27H35N2O2+. The Hall–Kier alpha value is -2.59. The number of nitrogens with zero attached hydrogens (tertiary/aromatic N) is 1. The van der Waals surface area contributed by atoms with E-state index in [0.717, 1.165) is 46.2 Å². The fraction of sp³-hybridized carbons (Fsp3) is 0.444. The van der Waals surface area contributed by atoms with Gasteiger partial charge in [0.05, 0.1) is 29.1 Å². The van der Waals surface area contributed by atoms with Crippen molar-refractivity contribution in [1.82, 2.24) is 0 Å². The zero-order chi connectivity index (χ0) is 22.2. The summed E-state index contributed by atoms with van der Waals surface area (Å²) < 4.78 is 12.1. The maximum atomic E-state index is 6.31. The van der Waals surface area contributed by atoms with Gasteiger partial charge in [0.25, 0.3) is 0 Å². The van der Waals surface area contributed by atoms with E-state index in [9.17, 15) is 0 Å². The first-order chi connectivity index (χ1) is 14.6. The summed E-state index contributed by atoms with van der Waals surface area (Å²) in [5, 5.41) is 4.49. The zero-order valence-electron chi connectivity index (χ0n) is 19.7. The second kappa shape index (κ2) is 8.16. The number of fused-ring (bicyclic) bond motifs is 1. The van der Waals surface area contributed by atoms with Gasteiger partial charge >= 0.3 is 0 Å². The summed E-state index contributed by atoms with van der Waals surface area (Å²) >= 11 is 0. The molecule has 4 nitrogen and oxygen atoms in total. The van der Waals surface area contributed by atoms with Gasteiger partial charge in [-0.25, -0.2) is 0 Å². The molecule has 0 aliphatic carbocycles. The SMILES string of the molecule is CCOc1ccc2oc(-c3ccc(C)cc3)cc(=NC3CC(C)(C)[NH2+]C(C)(C)C3)c2c1. The standard InChI is InChI=1S/C27H34N2O2/c1-7-30-21-12-13-24-22(14-21)23(15-25(31-24)19-10-8-18(2)9-11-19)28-20-16-26(3,4)29-27(5,6)17-20/h8-15,20,29H,7,16-17H2,1-6H3/p+1. The predicted octanol–water partition coefficient (Wildman–Crippen LogP) is 4.99. The molecule has 1 aliphatic heterocycles. The number of piperidine rings is 1. The van der Waals surface area contributed by atoms with E-state index in [0.29, 0.717) is 6.61 Å². The van der Waals surface area contributed by atoms with E-state index in [1.165, 1.54) is 5.56 Å². The lowest BCUT2D eigenvalue weighted by Crippen LogP contribution is -3.05. The number of rotatable bonds is 4. The van der Waals surface area contributed by atoms with Crippen LogP contribution in [0.2, 0.25) is 0 Å². The van der Waals surface area contributed by atoms with Gasteiger partial charge in [0, 0.05) is 29.9 Å². The molecule has 0 saturated carbocycles. The van der Waals surface area contributed by atoms with Crippen LogP contribution in [0.1, 0.15) is 53.0 Å². The van der Waals surface area contributed by atoms with Crippen molar-refractivity contribution in [2.45, 2.75) is 71.5 Å². The molecule has 1 saturated heterocycles. The second-order valence-corrected chi connectivity index (χ2v) is 10.3. The normalized spacial score (nSPS) is 19.0. The van der Waals surface area contributed by atoms with Gasteiger partial charge in [-0.05, 0) is 59.7 Å². The van der Waals surface area contributed by atoms with Gasteiger partial charge in [-0.2, -0.15) is 0 Å². The highest BCUT2D eigenvalue weighted by molar-refractivity contribution is 5.80. The van der Waals surface area contributed by atoms with Gasteiger partial charge in [-0.15, -0.1) is 0 Å². The van der Waals surface area contributed by atoms with Crippen molar-refractivity contribution in [2.24, 2.45) is 4.99 Å². The minimum absolute atomic E-state index is 0.168. The third-order valence-corrected chi connectivity index (χ3v) is 5.99. The average Bonchev–Trinajstić information content (AvgIpc) is 2.66. The van der Waals surface area contributed by atoms with Crippen LogP contribution >= 0.6 is 0 Å². The van der Waals surface area contributed by atoms with Crippen LogP contribution in [0.25, 0.3) is 22.3 Å². The smallest absolute Gasteiger partial charge is 0.137 e. The van der Waals surface area contributed by atoms with Crippen LogP contribution in [0.5, 0.6) is 5.75 Å². The Labute approximate surface area is 185 Å². The number of benzene rings is 2. The summed E-state index contributed by atoms with van der Waals surface area (Å²) in [7, 11) is 0. The Morgan fingerprint density at radius 3 is 2.32 bits per heavy atom. The molecule has 0 bridgehead atoms. The van der Waals surface area contributed by atoms with Crippen LogP contribution in [-0.2, 0) is 0 Å². The van der Waals surface area contributed by atoms with Gasteiger partial charge in [-0.1, -0.05) is 29.8 Å². The molecule has 1 aromatic heterocycles. The molecule has 164 valence electrons. The van der Waals surface area contributed by atoms with Crippen molar-refractivity contribution in [3.63, 3.8) is 0 Å². The van der Waals surface area contributed by atoms with E-state index in [1.54, 1.807) is 0 Å². The predicted molar refractivity (Wildman–Crippen MR) is 126 cm³/mol. The van der Waals surface area contributed by atoms with Gasteiger partial charge in [0.2, 0.25) is 0 Å². The molecule has 2 heterocycles. The Kier molecular flexibility index (Phi) is 5.69. The van der Waals surface area contributed by atoms with Crippen molar-refractivity contribution >= 4 is 11.0 Å². The minimum Gasteiger partial charge on any atom is -0.494 e. The maximum Gasteiger partial charge on any atom is 0.137 e. The molecule has 0 unspecified atom stereocenters. The highest BCUT2D eigenvalue weighted by atomic mass is 16.5. The highest BCUT2D eigenvalue weighted by Gasteiger charge is 2.41. The molecule has 2 aromatic carbocycles. The topological polar surface area (TPSA) is 51.3 Å². The molecule has 2 N–H and O–H groups in total. The molecule has 0 radical (unpaired) electrons. The molecule has 4 heteroatoms. The van der Waals surface area contributed by atoms with Crippen molar-refractivity contribution in [2.75, 3.05) is 6.61 Å². The lowest BCUT2D eigenvalue weighted by molar-refractivity contribution is -0.787. The first-order valence-corrected chi connectivity index (χ1v) is 11.3. The number of hydrogen-bond donors (Lipinski definition) is 1. The molecule has 0 atom stereocenters. The lowest BCUT2D eigenvalue weighted by Gasteiger charge is -2.41. The highest BCUT2D eigenvalue weighted by Crippen LogP contribution is 2.27. The quantitative estimate of drug-likeness (QED) is 0.648. The molecule has 0 spiro atoms. The lowest BCUT2D eigenvalue weighted by atomic mass is 9.80. The summed E-state index contributed by atoms with van der Waals surface area (Å²) in [4.78, 5) is 5.31. The number of hydrogen-bond acceptors (Lipinski definition) is 3. The third-order valence-electron chi connectivity index (χ3n) is 5.99. The van der Waals surface area contributed by atoms with E-state index in [1.807, 2.05) is 19.1 Å². The van der Waals surface area contributed by atoms with Crippen molar-refractivity contribution < 1.29 is 14.5 Å². The van der Waals surface area contributed by atoms with Crippen molar-refractivity contribution in [1.29, 1.82) is 0 Å². The van der Waals surface area contributed by atoms with E-state index >= 15 is 0 Å². The van der Waals surface area contributed by atoms with Gasteiger partial charge in [0.15, 0.2) is 0 Å². The van der Waals surface area contributed by atoms with Gasteiger partial charge in [0.1, 0.15) is 17.1 Å². The molecule has 3 aromatic rings. The van der Waals surface area contributed by atoms with Gasteiger partial charge < -0.3 is 14.5 Å². The summed E-state index contributed by atoms with van der Waals surface area (Å²) in [6.45, 7) is 14.0.